The lowest BCUT2D eigenvalue weighted by Crippen LogP contribution is -2.47. The van der Waals surface area contributed by atoms with Gasteiger partial charge in [-0.25, -0.2) is 18.7 Å². The quantitative estimate of drug-likeness (QED) is 0.380. The Morgan fingerprint density at radius 1 is 1.31 bits per heavy atom. The fourth-order valence-corrected chi connectivity index (χ4v) is 5.10. The van der Waals surface area contributed by atoms with Crippen LogP contribution in [0.15, 0.2) is 12.3 Å². The summed E-state index contributed by atoms with van der Waals surface area (Å²) in [6.07, 6.45) is -3.97. The van der Waals surface area contributed by atoms with Crippen LogP contribution in [0.2, 0.25) is 0 Å². The molecule has 0 spiro atoms. The maximum Gasteiger partial charge on any atom is 0.408 e. The van der Waals surface area contributed by atoms with E-state index in [1.54, 1.807) is 13.8 Å². The van der Waals surface area contributed by atoms with Crippen LogP contribution in [0, 0.1) is 6.92 Å². The first-order valence-electron chi connectivity index (χ1n) is 12.4. The van der Waals surface area contributed by atoms with Gasteiger partial charge < -0.3 is 20.6 Å². The number of aliphatic hydroxyl groups is 1. The summed E-state index contributed by atoms with van der Waals surface area (Å²) < 4.78 is 67.8. The molecular formula is C25H32F5N5O3S. The summed E-state index contributed by atoms with van der Waals surface area (Å²) in [5.41, 5.74) is -0.757. The summed E-state index contributed by atoms with van der Waals surface area (Å²) in [7, 11) is 0. The number of amides is 2. The lowest BCUT2D eigenvalue weighted by atomic mass is 10.0. The predicted molar refractivity (Wildman–Crippen MR) is 137 cm³/mol. The number of rotatable bonds is 8. The van der Waals surface area contributed by atoms with E-state index in [0.29, 0.717) is 11.1 Å². The molecule has 0 aliphatic carbocycles. The molecule has 0 aromatic carbocycles. The summed E-state index contributed by atoms with van der Waals surface area (Å²) in [4.78, 5) is 35.8. The van der Waals surface area contributed by atoms with Gasteiger partial charge in [0.2, 0.25) is 0 Å². The number of halogens is 5. The number of anilines is 1. The minimum Gasteiger partial charge on any atom is -0.388 e. The van der Waals surface area contributed by atoms with Gasteiger partial charge in [0.15, 0.2) is 5.01 Å². The van der Waals surface area contributed by atoms with Crippen LogP contribution in [0.4, 0.5) is 27.8 Å². The molecule has 3 N–H and O–H groups in total. The lowest BCUT2D eigenvalue weighted by molar-refractivity contribution is -0.142. The molecule has 3 atom stereocenters. The van der Waals surface area contributed by atoms with Crippen LogP contribution in [-0.2, 0) is 0 Å². The smallest absolute Gasteiger partial charge is 0.388 e. The second-order valence-corrected chi connectivity index (χ2v) is 11.4. The van der Waals surface area contributed by atoms with Gasteiger partial charge in [-0.3, -0.25) is 9.59 Å². The van der Waals surface area contributed by atoms with E-state index >= 15 is 0 Å². The third-order valence-electron chi connectivity index (χ3n) is 6.70. The lowest BCUT2D eigenvalue weighted by Gasteiger charge is -2.26. The molecule has 216 valence electrons. The molecule has 0 saturated carbocycles. The highest BCUT2D eigenvalue weighted by atomic mass is 32.1. The van der Waals surface area contributed by atoms with Gasteiger partial charge in [-0.05, 0) is 52.7 Å². The number of thiazole rings is 1. The number of likely N-dealkylation sites (tertiary alicyclic amines) is 1. The van der Waals surface area contributed by atoms with Crippen molar-refractivity contribution in [3.63, 3.8) is 0 Å². The van der Waals surface area contributed by atoms with E-state index in [1.807, 2.05) is 0 Å². The minimum atomic E-state index is -4.49. The summed E-state index contributed by atoms with van der Waals surface area (Å²) in [6.45, 7) is 8.24. The van der Waals surface area contributed by atoms with Crippen LogP contribution in [0.25, 0.3) is 10.4 Å². The number of aryl methyl sites for hydroxylation is 1. The SMILES string of the molecule is CC[C@H](Nc1cc(C)c(-c2sc(C(=O)N[C@H](C)C(C)(C)O)nc2C(=O)N2CC(F)(F)C[C@@H]2C)cn1)C(F)(F)F. The maximum absolute atomic E-state index is 14.1. The molecule has 3 heterocycles. The monoisotopic (exact) mass is 577 g/mol. The third kappa shape index (κ3) is 7.02. The molecule has 0 bridgehead atoms. The van der Waals surface area contributed by atoms with Crippen LogP contribution in [-0.4, -0.2) is 74.2 Å². The predicted octanol–water partition coefficient (Wildman–Crippen LogP) is 5.03. The molecule has 1 aliphatic rings. The Labute approximate surface area is 227 Å². The number of nitrogens with zero attached hydrogens (tertiary/aromatic N) is 3. The van der Waals surface area contributed by atoms with Crippen LogP contribution < -0.4 is 10.6 Å². The minimum absolute atomic E-state index is 0.0393. The van der Waals surface area contributed by atoms with E-state index < -0.39 is 60.6 Å². The van der Waals surface area contributed by atoms with E-state index in [2.05, 4.69) is 20.6 Å². The second kappa shape index (κ2) is 11.0. The molecule has 2 aromatic rings. The highest BCUT2D eigenvalue weighted by molar-refractivity contribution is 7.17. The highest BCUT2D eigenvalue weighted by Gasteiger charge is 2.46. The average molecular weight is 578 g/mol. The number of pyridine rings is 1. The van der Waals surface area contributed by atoms with Gasteiger partial charge in [-0.1, -0.05) is 6.92 Å². The van der Waals surface area contributed by atoms with Gasteiger partial charge in [-0.2, -0.15) is 13.2 Å². The summed E-state index contributed by atoms with van der Waals surface area (Å²) >= 11 is 0.824. The van der Waals surface area contributed by atoms with Crippen molar-refractivity contribution in [2.24, 2.45) is 0 Å². The number of alkyl halides is 5. The van der Waals surface area contributed by atoms with E-state index in [0.717, 1.165) is 16.2 Å². The second-order valence-electron chi connectivity index (χ2n) is 10.4. The molecule has 1 saturated heterocycles. The number of aromatic nitrogens is 2. The molecule has 14 heteroatoms. The van der Waals surface area contributed by atoms with Crippen molar-refractivity contribution in [2.45, 2.75) is 90.2 Å². The number of hydrogen-bond donors (Lipinski definition) is 3. The Morgan fingerprint density at radius 3 is 2.44 bits per heavy atom. The van der Waals surface area contributed by atoms with E-state index in [1.165, 1.54) is 40.0 Å². The fraction of sp³-hybridized carbons (Fsp3) is 0.600. The number of carbonyl (C=O) groups excluding carboxylic acids is 2. The molecule has 1 fully saturated rings. The van der Waals surface area contributed by atoms with Crippen LogP contribution in [0.3, 0.4) is 0 Å². The third-order valence-corrected chi connectivity index (χ3v) is 7.79. The van der Waals surface area contributed by atoms with E-state index in [9.17, 15) is 36.6 Å². The summed E-state index contributed by atoms with van der Waals surface area (Å²) in [5.74, 6) is -4.60. The Balaban J connectivity index is 2.03. The molecule has 1 aliphatic heterocycles. The molecule has 3 rings (SSSR count). The molecule has 0 unspecified atom stereocenters. The first kappa shape index (κ1) is 30.7. The molecule has 2 aromatic heterocycles. The largest absolute Gasteiger partial charge is 0.408 e. The Bertz CT molecular complexity index is 1230. The van der Waals surface area contributed by atoms with Crippen LogP contribution >= 0.6 is 11.3 Å². The topological polar surface area (TPSA) is 107 Å². The molecule has 2 amide bonds. The molecule has 0 radical (unpaired) electrons. The van der Waals surface area contributed by atoms with Gasteiger partial charge >= 0.3 is 6.18 Å². The van der Waals surface area contributed by atoms with Crippen molar-refractivity contribution in [3.05, 3.63) is 28.5 Å². The zero-order valence-electron chi connectivity index (χ0n) is 22.4. The van der Waals surface area contributed by atoms with E-state index in [-0.39, 0.29) is 27.8 Å². The van der Waals surface area contributed by atoms with Crippen molar-refractivity contribution >= 4 is 29.0 Å². The van der Waals surface area contributed by atoms with Crippen molar-refractivity contribution in [2.75, 3.05) is 11.9 Å². The van der Waals surface area contributed by atoms with Crippen molar-refractivity contribution in [1.29, 1.82) is 0 Å². The first-order chi connectivity index (χ1) is 17.8. The number of hydrogen-bond acceptors (Lipinski definition) is 7. The number of nitrogens with one attached hydrogen (secondary N) is 2. The molecule has 39 heavy (non-hydrogen) atoms. The average Bonchev–Trinajstić information content (AvgIpc) is 3.35. The van der Waals surface area contributed by atoms with Crippen LogP contribution in [0.1, 0.15) is 73.3 Å². The number of carbonyl (C=O) groups is 2. The Morgan fingerprint density at radius 2 is 1.95 bits per heavy atom. The fourth-order valence-electron chi connectivity index (χ4n) is 4.07. The van der Waals surface area contributed by atoms with Crippen LogP contribution in [0.5, 0.6) is 0 Å². The summed E-state index contributed by atoms with van der Waals surface area (Å²) in [5, 5.41) is 15.0. The normalized spacial score (nSPS) is 19.1. The van der Waals surface area contributed by atoms with Crippen molar-refractivity contribution in [1.82, 2.24) is 20.2 Å². The Kier molecular flexibility index (Phi) is 8.61. The van der Waals surface area contributed by atoms with Gasteiger partial charge in [0.05, 0.1) is 23.1 Å². The summed E-state index contributed by atoms with van der Waals surface area (Å²) in [6, 6.07) is -1.92. The van der Waals surface area contributed by atoms with E-state index in [4.69, 9.17) is 0 Å². The maximum atomic E-state index is 14.1. The molecular weight excluding hydrogens is 545 g/mol. The first-order valence-corrected chi connectivity index (χ1v) is 13.2. The van der Waals surface area contributed by atoms with Gasteiger partial charge in [0.1, 0.15) is 17.6 Å². The highest BCUT2D eigenvalue weighted by Crippen LogP contribution is 2.38. The Hall–Kier alpha value is -2.87. The zero-order valence-corrected chi connectivity index (χ0v) is 23.2. The van der Waals surface area contributed by atoms with Crippen molar-refractivity contribution in [3.8, 4) is 10.4 Å². The van der Waals surface area contributed by atoms with Crippen molar-refractivity contribution < 1.29 is 36.6 Å². The standard InChI is InChI=1S/C25H32F5N5O3S/c1-7-16(25(28,29)30)33-17-8-12(2)15(10-31-17)19-18(22(37)35-11-24(26,27)9-13(35)3)34-21(39-19)20(36)32-14(4)23(5,6)38/h8,10,13-14,16,38H,7,9,11H2,1-6H3,(H,31,33)(H,32,36)/t13-,14+,16-/m0/s1. The molecule has 8 nitrogen and oxygen atoms in total. The van der Waals surface area contributed by atoms with Gasteiger partial charge in [-0.15, -0.1) is 11.3 Å². The van der Waals surface area contributed by atoms with Gasteiger partial charge in [0, 0.05) is 24.2 Å². The zero-order chi connectivity index (χ0) is 29.5. The van der Waals surface area contributed by atoms with Gasteiger partial charge in [0.25, 0.3) is 17.7 Å².